The van der Waals surface area contributed by atoms with Crippen LogP contribution < -0.4 is 5.32 Å². The molecule has 1 aromatic heterocycles. The van der Waals surface area contributed by atoms with Gasteiger partial charge in [-0.1, -0.05) is 0 Å². The summed E-state index contributed by atoms with van der Waals surface area (Å²) < 4.78 is 26.7. The minimum Gasteiger partial charge on any atom is -0.317 e. The van der Waals surface area contributed by atoms with Gasteiger partial charge in [-0.3, -0.25) is 0 Å². The standard InChI is InChI=1S/C12H17N3O2S2/c1-15(10-3-2-7-14-8-6-10)19(16,17)12-5-4-11(9-13)18-12/h4-5,10,14H,2-3,6-8H2,1H3. The van der Waals surface area contributed by atoms with Crippen molar-refractivity contribution in [2.75, 3.05) is 20.1 Å². The normalized spacial score (nSPS) is 21.0. The molecule has 1 aliphatic heterocycles. The van der Waals surface area contributed by atoms with E-state index < -0.39 is 10.0 Å². The number of nitrogens with zero attached hydrogens (tertiary/aromatic N) is 2. The summed E-state index contributed by atoms with van der Waals surface area (Å²) in [5.41, 5.74) is 0. The number of hydrogen-bond donors (Lipinski definition) is 1. The molecule has 2 heterocycles. The summed E-state index contributed by atoms with van der Waals surface area (Å²) in [5, 5.41) is 12.1. The van der Waals surface area contributed by atoms with Gasteiger partial charge >= 0.3 is 0 Å². The molecule has 1 unspecified atom stereocenters. The maximum absolute atomic E-state index is 12.5. The molecule has 2 rings (SSSR count). The van der Waals surface area contributed by atoms with E-state index in [-0.39, 0.29) is 10.3 Å². The predicted molar refractivity (Wildman–Crippen MR) is 74.5 cm³/mol. The molecular formula is C12H17N3O2S2. The molecule has 7 heteroatoms. The summed E-state index contributed by atoms with van der Waals surface area (Å²) in [6.45, 7) is 1.79. The highest BCUT2D eigenvalue weighted by atomic mass is 32.2. The number of rotatable bonds is 3. The molecule has 1 aromatic rings. The van der Waals surface area contributed by atoms with Gasteiger partial charge in [0.05, 0.1) is 0 Å². The van der Waals surface area contributed by atoms with Crippen molar-refractivity contribution >= 4 is 21.4 Å². The van der Waals surface area contributed by atoms with Crippen LogP contribution in [0.4, 0.5) is 0 Å². The van der Waals surface area contributed by atoms with Crippen LogP contribution in [0.5, 0.6) is 0 Å². The molecule has 5 nitrogen and oxygen atoms in total. The Labute approximate surface area is 117 Å². The zero-order valence-electron chi connectivity index (χ0n) is 10.8. The lowest BCUT2D eigenvalue weighted by Crippen LogP contribution is -2.37. The van der Waals surface area contributed by atoms with Crippen molar-refractivity contribution in [3.63, 3.8) is 0 Å². The molecule has 1 N–H and O–H groups in total. The van der Waals surface area contributed by atoms with E-state index >= 15 is 0 Å². The van der Waals surface area contributed by atoms with E-state index in [0.717, 1.165) is 43.7 Å². The molecule has 1 saturated heterocycles. The van der Waals surface area contributed by atoms with E-state index in [9.17, 15) is 8.42 Å². The van der Waals surface area contributed by atoms with Crippen LogP contribution in [0.1, 0.15) is 24.1 Å². The Morgan fingerprint density at radius 2 is 2.21 bits per heavy atom. The van der Waals surface area contributed by atoms with Gasteiger partial charge in [-0.2, -0.15) is 9.57 Å². The van der Waals surface area contributed by atoms with Crippen molar-refractivity contribution in [2.45, 2.75) is 29.5 Å². The molecule has 0 bridgehead atoms. The Morgan fingerprint density at radius 3 is 2.89 bits per heavy atom. The Morgan fingerprint density at radius 1 is 1.42 bits per heavy atom. The molecule has 104 valence electrons. The number of sulfonamides is 1. The summed E-state index contributed by atoms with van der Waals surface area (Å²) in [5.74, 6) is 0. The van der Waals surface area contributed by atoms with Gasteiger partial charge in [0.25, 0.3) is 10.0 Å². The average Bonchev–Trinajstić information content (AvgIpc) is 2.74. The number of thiophene rings is 1. The predicted octanol–water partition coefficient (Wildman–Crippen LogP) is 1.38. The Balaban J connectivity index is 2.20. The van der Waals surface area contributed by atoms with Crippen LogP contribution in [-0.4, -0.2) is 38.9 Å². The van der Waals surface area contributed by atoms with Gasteiger partial charge in [0.15, 0.2) is 0 Å². The topological polar surface area (TPSA) is 73.2 Å². The minimum absolute atomic E-state index is 0.0348. The van der Waals surface area contributed by atoms with Crippen LogP contribution in [-0.2, 0) is 10.0 Å². The zero-order valence-corrected chi connectivity index (χ0v) is 12.4. The molecule has 0 saturated carbocycles. The third-order valence-corrected chi connectivity index (χ3v) is 6.75. The van der Waals surface area contributed by atoms with Crippen LogP contribution in [0, 0.1) is 11.3 Å². The molecular weight excluding hydrogens is 282 g/mol. The van der Waals surface area contributed by atoms with Gasteiger partial charge < -0.3 is 5.32 Å². The second-order valence-electron chi connectivity index (χ2n) is 4.59. The van der Waals surface area contributed by atoms with Crippen LogP contribution in [0.25, 0.3) is 0 Å². The molecule has 1 atom stereocenters. The fourth-order valence-corrected chi connectivity index (χ4v) is 4.93. The van der Waals surface area contributed by atoms with Crippen molar-refractivity contribution in [2.24, 2.45) is 0 Å². The first-order chi connectivity index (χ1) is 9.05. The van der Waals surface area contributed by atoms with Crippen molar-refractivity contribution in [1.29, 1.82) is 5.26 Å². The molecule has 0 aromatic carbocycles. The first-order valence-electron chi connectivity index (χ1n) is 6.24. The molecule has 1 aliphatic rings. The molecule has 0 radical (unpaired) electrons. The van der Waals surface area contributed by atoms with Crippen molar-refractivity contribution in [3.05, 3.63) is 17.0 Å². The van der Waals surface area contributed by atoms with Gasteiger partial charge in [0.1, 0.15) is 15.2 Å². The average molecular weight is 299 g/mol. The molecule has 1 fully saturated rings. The van der Waals surface area contributed by atoms with Gasteiger partial charge in [0, 0.05) is 13.1 Å². The number of hydrogen-bond acceptors (Lipinski definition) is 5. The maximum atomic E-state index is 12.5. The third kappa shape index (κ3) is 3.15. The maximum Gasteiger partial charge on any atom is 0.252 e. The summed E-state index contributed by atoms with van der Waals surface area (Å²) in [6.07, 6.45) is 2.68. The Kier molecular flexibility index (Phi) is 4.58. The summed E-state index contributed by atoms with van der Waals surface area (Å²) in [4.78, 5) is 0.425. The third-order valence-electron chi connectivity index (χ3n) is 3.38. The fourth-order valence-electron chi connectivity index (χ4n) is 2.22. The van der Waals surface area contributed by atoms with Gasteiger partial charge in [-0.15, -0.1) is 11.3 Å². The highest BCUT2D eigenvalue weighted by molar-refractivity contribution is 7.91. The number of nitriles is 1. The first kappa shape index (κ1) is 14.5. The van der Waals surface area contributed by atoms with E-state index in [1.54, 1.807) is 13.1 Å². The van der Waals surface area contributed by atoms with Crippen molar-refractivity contribution in [3.8, 4) is 6.07 Å². The zero-order chi connectivity index (χ0) is 13.9. The second-order valence-corrected chi connectivity index (χ2v) is 7.89. The summed E-state index contributed by atoms with van der Waals surface area (Å²) in [6, 6.07) is 5.08. The molecule has 0 aliphatic carbocycles. The van der Waals surface area contributed by atoms with E-state index in [1.807, 2.05) is 6.07 Å². The first-order valence-corrected chi connectivity index (χ1v) is 8.50. The molecule has 0 spiro atoms. The molecule has 0 amide bonds. The molecule has 19 heavy (non-hydrogen) atoms. The second kappa shape index (κ2) is 6.01. The summed E-state index contributed by atoms with van der Waals surface area (Å²) >= 11 is 1.03. The van der Waals surface area contributed by atoms with Crippen LogP contribution >= 0.6 is 11.3 Å². The lowest BCUT2D eigenvalue weighted by molar-refractivity contribution is 0.342. The smallest absolute Gasteiger partial charge is 0.252 e. The van der Waals surface area contributed by atoms with Crippen LogP contribution in [0.2, 0.25) is 0 Å². The lowest BCUT2D eigenvalue weighted by Gasteiger charge is -2.25. The largest absolute Gasteiger partial charge is 0.317 e. The van der Waals surface area contributed by atoms with E-state index in [1.165, 1.54) is 10.4 Å². The Hall–Kier alpha value is -0.940. The van der Waals surface area contributed by atoms with E-state index in [0.29, 0.717) is 4.88 Å². The van der Waals surface area contributed by atoms with E-state index in [2.05, 4.69) is 5.32 Å². The van der Waals surface area contributed by atoms with Crippen molar-refractivity contribution < 1.29 is 8.42 Å². The van der Waals surface area contributed by atoms with Crippen LogP contribution in [0.3, 0.4) is 0 Å². The summed E-state index contributed by atoms with van der Waals surface area (Å²) in [7, 11) is -1.84. The minimum atomic E-state index is -3.47. The van der Waals surface area contributed by atoms with Gasteiger partial charge in [-0.05, 0) is 44.5 Å². The van der Waals surface area contributed by atoms with Crippen LogP contribution in [0.15, 0.2) is 16.3 Å². The Bertz CT molecular complexity index is 566. The quantitative estimate of drug-likeness (QED) is 0.915. The SMILES string of the molecule is CN(C1CCCNCC1)S(=O)(=O)c1ccc(C#N)s1. The fraction of sp³-hybridized carbons (Fsp3) is 0.583. The lowest BCUT2D eigenvalue weighted by atomic mass is 10.1. The van der Waals surface area contributed by atoms with E-state index in [4.69, 9.17) is 5.26 Å². The van der Waals surface area contributed by atoms with Gasteiger partial charge in [-0.25, -0.2) is 8.42 Å². The van der Waals surface area contributed by atoms with Gasteiger partial charge in [0.2, 0.25) is 0 Å². The number of nitrogens with one attached hydrogen (secondary N) is 1. The highest BCUT2D eigenvalue weighted by Gasteiger charge is 2.29. The van der Waals surface area contributed by atoms with Crippen molar-refractivity contribution in [1.82, 2.24) is 9.62 Å². The highest BCUT2D eigenvalue weighted by Crippen LogP contribution is 2.26. The monoisotopic (exact) mass is 299 g/mol.